The van der Waals surface area contributed by atoms with Crippen LogP contribution in [0.4, 0.5) is 9.59 Å². The summed E-state index contributed by atoms with van der Waals surface area (Å²) in [5.74, 6) is 1.80. The third kappa shape index (κ3) is 14.7. The Balaban J connectivity index is 3.29. The lowest BCUT2D eigenvalue weighted by Crippen LogP contribution is -2.05. The molecule has 0 saturated carbocycles. The van der Waals surface area contributed by atoms with Gasteiger partial charge in [-0.05, 0) is 40.5 Å². The van der Waals surface area contributed by atoms with Crippen molar-refractivity contribution in [1.82, 2.24) is 0 Å². The lowest BCUT2D eigenvalue weighted by Gasteiger charge is -2.07. The zero-order chi connectivity index (χ0) is 15.4. The highest BCUT2D eigenvalue weighted by atomic mass is 33.1. The van der Waals surface area contributed by atoms with E-state index in [2.05, 4.69) is 0 Å². The van der Waals surface area contributed by atoms with Gasteiger partial charge in [0.1, 0.15) is 0 Å². The molecule has 0 aromatic carbocycles. The number of ether oxygens (including phenoxy) is 2. The maximum Gasteiger partial charge on any atom is 0.378 e. The fraction of sp³-hybridized carbons (Fsp3) is 0.833. The monoisotopic (exact) mass is 358 g/mol. The van der Waals surface area contributed by atoms with Gasteiger partial charge in [0.05, 0.1) is 12.2 Å². The first-order chi connectivity index (χ1) is 9.41. The van der Waals surface area contributed by atoms with Crippen LogP contribution in [0.25, 0.3) is 0 Å². The van der Waals surface area contributed by atoms with Crippen LogP contribution < -0.4 is 0 Å². The average molecular weight is 359 g/mol. The molecule has 0 saturated heterocycles. The second kappa shape index (κ2) is 13.0. The summed E-state index contributed by atoms with van der Waals surface area (Å²) in [6, 6.07) is 0. The lowest BCUT2D eigenvalue weighted by molar-refractivity contribution is 0.142. The number of rotatable bonds is 9. The van der Waals surface area contributed by atoms with Crippen LogP contribution in [0.5, 0.6) is 0 Å². The van der Waals surface area contributed by atoms with E-state index in [1.54, 1.807) is 0 Å². The fourth-order valence-corrected chi connectivity index (χ4v) is 4.41. The molecule has 20 heavy (non-hydrogen) atoms. The minimum Gasteiger partial charge on any atom is -0.454 e. The first kappa shape index (κ1) is 20.3. The van der Waals surface area contributed by atoms with E-state index < -0.39 is 0 Å². The van der Waals surface area contributed by atoms with Gasteiger partial charge in [-0.1, -0.05) is 21.6 Å². The van der Waals surface area contributed by atoms with Crippen molar-refractivity contribution in [2.24, 2.45) is 0 Å². The Morgan fingerprint density at radius 2 is 1.15 bits per heavy atom. The van der Waals surface area contributed by atoms with Gasteiger partial charge in [-0.25, -0.2) is 9.59 Å². The van der Waals surface area contributed by atoms with Crippen LogP contribution in [-0.4, -0.2) is 34.3 Å². The number of carbonyl (C=O) groups excluding carboxylic acids is 2. The van der Waals surface area contributed by atoms with E-state index in [0.717, 1.165) is 45.9 Å². The van der Waals surface area contributed by atoms with Crippen LogP contribution in [0.1, 0.15) is 40.5 Å². The number of hydrogen-bond donors (Lipinski definition) is 0. The topological polar surface area (TPSA) is 52.6 Å². The minimum atomic E-state index is -0.230. The van der Waals surface area contributed by atoms with Crippen molar-refractivity contribution < 1.29 is 19.1 Å². The highest BCUT2D eigenvalue weighted by Gasteiger charge is 2.07. The summed E-state index contributed by atoms with van der Waals surface area (Å²) >= 11 is 0. The van der Waals surface area contributed by atoms with Crippen LogP contribution in [0, 0.1) is 0 Å². The van der Waals surface area contributed by atoms with Gasteiger partial charge in [-0.3, -0.25) is 0 Å². The van der Waals surface area contributed by atoms with Crippen molar-refractivity contribution in [2.75, 3.05) is 11.5 Å². The largest absolute Gasteiger partial charge is 0.454 e. The molecule has 0 unspecified atom stereocenters. The molecule has 0 radical (unpaired) electrons. The SMILES string of the molecule is CC(C)OC(=O)SSCCCCSSC(=O)OC(C)C. The summed E-state index contributed by atoms with van der Waals surface area (Å²) in [5.41, 5.74) is 0. The van der Waals surface area contributed by atoms with Gasteiger partial charge in [0.25, 0.3) is 0 Å². The standard InChI is InChI=1S/C12H22O4S4/c1-9(2)15-11(13)19-17-7-5-6-8-18-20-12(14)16-10(3)4/h9-10H,5-8H2,1-4H3. The molecule has 0 N–H and O–H groups in total. The Labute approximate surface area is 137 Å². The molecule has 0 aromatic rings. The van der Waals surface area contributed by atoms with E-state index in [0.29, 0.717) is 0 Å². The van der Waals surface area contributed by atoms with Crippen molar-refractivity contribution in [3.8, 4) is 0 Å². The predicted octanol–water partition coefficient (Wildman–Crippen LogP) is 5.62. The molecule has 0 aliphatic rings. The molecule has 0 atom stereocenters. The highest BCUT2D eigenvalue weighted by molar-refractivity contribution is 8.82. The van der Waals surface area contributed by atoms with Gasteiger partial charge in [0, 0.05) is 33.1 Å². The van der Waals surface area contributed by atoms with Gasteiger partial charge in [0.2, 0.25) is 0 Å². The second-order valence-electron chi connectivity index (χ2n) is 4.35. The van der Waals surface area contributed by atoms with Gasteiger partial charge in [0.15, 0.2) is 0 Å². The van der Waals surface area contributed by atoms with Gasteiger partial charge < -0.3 is 9.47 Å². The van der Waals surface area contributed by atoms with Gasteiger partial charge in [-0.15, -0.1) is 0 Å². The molecular weight excluding hydrogens is 336 g/mol. The molecular formula is C12H22O4S4. The van der Waals surface area contributed by atoms with E-state index in [9.17, 15) is 9.59 Å². The second-order valence-corrected chi connectivity index (χ2v) is 9.05. The maximum atomic E-state index is 11.2. The Kier molecular flexibility index (Phi) is 13.3. The number of carbonyl (C=O) groups is 2. The van der Waals surface area contributed by atoms with Gasteiger partial charge in [-0.2, -0.15) is 0 Å². The van der Waals surface area contributed by atoms with Crippen LogP contribution in [0.15, 0.2) is 0 Å². The van der Waals surface area contributed by atoms with E-state index >= 15 is 0 Å². The Hall–Kier alpha value is 0.340. The Bertz CT molecular complexity index is 257. The van der Waals surface area contributed by atoms with Crippen molar-refractivity contribution in [3.63, 3.8) is 0 Å². The average Bonchev–Trinajstić information content (AvgIpc) is 2.30. The van der Waals surface area contributed by atoms with Crippen molar-refractivity contribution in [1.29, 1.82) is 0 Å². The summed E-state index contributed by atoms with van der Waals surface area (Å²) in [7, 11) is 5.32. The van der Waals surface area contributed by atoms with Crippen molar-refractivity contribution >= 4 is 53.8 Å². The molecule has 0 aliphatic carbocycles. The molecule has 4 nitrogen and oxygen atoms in total. The van der Waals surface area contributed by atoms with E-state index in [4.69, 9.17) is 9.47 Å². The van der Waals surface area contributed by atoms with Crippen molar-refractivity contribution in [2.45, 2.75) is 52.7 Å². The van der Waals surface area contributed by atoms with Crippen LogP contribution in [-0.2, 0) is 9.47 Å². The summed E-state index contributed by atoms with van der Waals surface area (Å²) in [4.78, 5) is 22.4. The van der Waals surface area contributed by atoms with Crippen LogP contribution >= 0.6 is 43.2 Å². The zero-order valence-corrected chi connectivity index (χ0v) is 15.5. The quantitative estimate of drug-likeness (QED) is 0.299. The highest BCUT2D eigenvalue weighted by Crippen LogP contribution is 2.28. The maximum absolute atomic E-state index is 11.2. The van der Waals surface area contributed by atoms with E-state index in [-0.39, 0.29) is 22.8 Å². The molecule has 0 rings (SSSR count). The smallest absolute Gasteiger partial charge is 0.378 e. The minimum absolute atomic E-state index is 0.0605. The Morgan fingerprint density at radius 3 is 1.45 bits per heavy atom. The lowest BCUT2D eigenvalue weighted by atomic mass is 10.4. The molecule has 0 aliphatic heterocycles. The predicted molar refractivity (Wildman–Crippen MR) is 92.6 cm³/mol. The summed E-state index contributed by atoms with van der Waals surface area (Å²) in [6.45, 7) is 7.34. The Morgan fingerprint density at radius 1 is 0.800 bits per heavy atom. The zero-order valence-electron chi connectivity index (χ0n) is 12.2. The van der Waals surface area contributed by atoms with Gasteiger partial charge >= 0.3 is 10.6 Å². The fourth-order valence-electron chi connectivity index (χ4n) is 0.926. The molecule has 0 heterocycles. The van der Waals surface area contributed by atoms with Crippen LogP contribution in [0.3, 0.4) is 0 Å². The first-order valence-electron chi connectivity index (χ1n) is 6.42. The molecule has 0 aromatic heterocycles. The molecule has 0 amide bonds. The normalized spacial score (nSPS) is 10.9. The third-order valence-corrected chi connectivity index (χ3v) is 5.76. The third-order valence-electron chi connectivity index (χ3n) is 1.62. The summed E-state index contributed by atoms with van der Waals surface area (Å²) in [6.07, 6.45) is 1.91. The molecule has 8 heteroatoms. The first-order valence-corrected chi connectivity index (χ1v) is 11.1. The van der Waals surface area contributed by atoms with E-state index in [1.807, 2.05) is 27.7 Å². The summed E-state index contributed by atoms with van der Waals surface area (Å²) < 4.78 is 10.00. The molecule has 0 spiro atoms. The molecule has 0 bridgehead atoms. The van der Waals surface area contributed by atoms with Crippen molar-refractivity contribution in [3.05, 3.63) is 0 Å². The summed E-state index contributed by atoms with van der Waals surface area (Å²) in [5, 5.41) is -0.460. The number of unbranched alkanes of at least 4 members (excludes halogenated alkanes) is 1. The van der Waals surface area contributed by atoms with Crippen LogP contribution in [0.2, 0.25) is 0 Å². The number of hydrogen-bond acceptors (Lipinski definition) is 8. The molecule has 118 valence electrons. The molecule has 0 fully saturated rings. The van der Waals surface area contributed by atoms with E-state index in [1.165, 1.54) is 21.6 Å².